The number of hydrogen-bond acceptors (Lipinski definition) is 2. The van der Waals surface area contributed by atoms with Crippen LogP contribution in [0.3, 0.4) is 0 Å². The Balaban J connectivity index is 2.56. The van der Waals surface area contributed by atoms with Crippen LogP contribution in [0.1, 0.15) is 11.1 Å². The second kappa shape index (κ2) is 4.08. The standard InChI is InChI=1S/C14H11NO/c1-10-3-2-4-12(5-10)13-6-11(9-15)7-14(16)8-13/h2-8,16H,1H3. The van der Waals surface area contributed by atoms with Crippen LogP contribution >= 0.6 is 0 Å². The van der Waals surface area contributed by atoms with Crippen LogP contribution in [0.4, 0.5) is 0 Å². The number of benzene rings is 2. The summed E-state index contributed by atoms with van der Waals surface area (Å²) >= 11 is 0. The Labute approximate surface area is 94.4 Å². The maximum atomic E-state index is 9.50. The van der Waals surface area contributed by atoms with Gasteiger partial charge in [0.1, 0.15) is 5.75 Å². The first-order valence-corrected chi connectivity index (χ1v) is 5.00. The topological polar surface area (TPSA) is 44.0 Å². The lowest BCUT2D eigenvalue weighted by Crippen LogP contribution is -1.82. The molecule has 0 aliphatic rings. The number of phenols is 1. The Morgan fingerprint density at radius 1 is 1.06 bits per heavy atom. The summed E-state index contributed by atoms with van der Waals surface area (Å²) in [5.74, 6) is 0.121. The summed E-state index contributed by atoms with van der Waals surface area (Å²) in [5.41, 5.74) is 3.49. The average molecular weight is 209 g/mol. The van der Waals surface area contributed by atoms with Gasteiger partial charge in [-0.25, -0.2) is 0 Å². The van der Waals surface area contributed by atoms with Gasteiger partial charge in [0.25, 0.3) is 0 Å². The van der Waals surface area contributed by atoms with E-state index >= 15 is 0 Å². The summed E-state index contributed by atoms with van der Waals surface area (Å²) in [6.07, 6.45) is 0. The Kier molecular flexibility index (Phi) is 2.61. The Hall–Kier alpha value is -2.27. The van der Waals surface area contributed by atoms with E-state index in [0.717, 1.165) is 16.7 Å². The molecule has 0 atom stereocenters. The molecule has 0 aromatic heterocycles. The molecule has 2 nitrogen and oxygen atoms in total. The average Bonchev–Trinajstić information content (AvgIpc) is 2.28. The molecule has 0 aliphatic heterocycles. The predicted molar refractivity (Wildman–Crippen MR) is 63.0 cm³/mol. The smallest absolute Gasteiger partial charge is 0.117 e. The Bertz CT molecular complexity index is 567. The molecular weight excluding hydrogens is 198 g/mol. The summed E-state index contributed by atoms with van der Waals surface area (Å²) in [6.45, 7) is 2.01. The van der Waals surface area contributed by atoms with E-state index in [4.69, 9.17) is 5.26 Å². The molecule has 0 spiro atoms. The molecule has 0 heterocycles. The lowest BCUT2D eigenvalue weighted by Gasteiger charge is -2.04. The molecule has 2 aromatic rings. The third-order valence-electron chi connectivity index (χ3n) is 2.40. The van der Waals surface area contributed by atoms with Crippen LogP contribution in [-0.2, 0) is 0 Å². The third kappa shape index (κ3) is 2.04. The van der Waals surface area contributed by atoms with E-state index < -0.39 is 0 Å². The maximum Gasteiger partial charge on any atom is 0.117 e. The van der Waals surface area contributed by atoms with Gasteiger partial charge in [-0.3, -0.25) is 0 Å². The molecule has 1 N–H and O–H groups in total. The molecule has 16 heavy (non-hydrogen) atoms. The van der Waals surface area contributed by atoms with E-state index in [-0.39, 0.29) is 5.75 Å². The van der Waals surface area contributed by atoms with Crippen molar-refractivity contribution in [3.63, 3.8) is 0 Å². The Morgan fingerprint density at radius 3 is 2.56 bits per heavy atom. The van der Waals surface area contributed by atoms with Gasteiger partial charge in [0.05, 0.1) is 11.6 Å². The SMILES string of the molecule is Cc1cccc(-c2cc(O)cc(C#N)c2)c1. The van der Waals surface area contributed by atoms with Gasteiger partial charge in [0, 0.05) is 0 Å². The van der Waals surface area contributed by atoms with Crippen molar-refractivity contribution in [3.8, 4) is 22.9 Å². The van der Waals surface area contributed by atoms with Gasteiger partial charge in [-0.2, -0.15) is 5.26 Å². The van der Waals surface area contributed by atoms with E-state index in [1.807, 2.05) is 37.3 Å². The summed E-state index contributed by atoms with van der Waals surface area (Å²) in [6, 6.07) is 14.9. The molecule has 0 aliphatic carbocycles. The number of aromatic hydroxyl groups is 1. The number of rotatable bonds is 1. The molecular formula is C14H11NO. The van der Waals surface area contributed by atoms with Crippen LogP contribution in [0.5, 0.6) is 5.75 Å². The summed E-state index contributed by atoms with van der Waals surface area (Å²) in [5, 5.41) is 18.3. The first-order chi connectivity index (χ1) is 7.69. The summed E-state index contributed by atoms with van der Waals surface area (Å²) in [4.78, 5) is 0. The van der Waals surface area contributed by atoms with Crippen molar-refractivity contribution < 1.29 is 5.11 Å². The highest BCUT2D eigenvalue weighted by Gasteiger charge is 2.02. The zero-order valence-corrected chi connectivity index (χ0v) is 8.94. The molecule has 0 fully saturated rings. The van der Waals surface area contributed by atoms with Gasteiger partial charge in [0.15, 0.2) is 0 Å². The monoisotopic (exact) mass is 209 g/mol. The number of hydrogen-bond donors (Lipinski definition) is 1. The minimum absolute atomic E-state index is 0.121. The zero-order valence-electron chi connectivity index (χ0n) is 8.94. The van der Waals surface area contributed by atoms with E-state index in [0.29, 0.717) is 5.56 Å². The minimum atomic E-state index is 0.121. The van der Waals surface area contributed by atoms with Gasteiger partial charge in [-0.05, 0) is 36.2 Å². The van der Waals surface area contributed by atoms with E-state index in [1.54, 1.807) is 12.1 Å². The third-order valence-corrected chi connectivity index (χ3v) is 2.40. The zero-order chi connectivity index (χ0) is 11.5. The van der Waals surface area contributed by atoms with Gasteiger partial charge in [0.2, 0.25) is 0 Å². The van der Waals surface area contributed by atoms with Gasteiger partial charge in [-0.15, -0.1) is 0 Å². The Morgan fingerprint density at radius 2 is 1.88 bits per heavy atom. The highest BCUT2D eigenvalue weighted by molar-refractivity contribution is 5.67. The second-order valence-electron chi connectivity index (χ2n) is 3.75. The van der Waals surface area contributed by atoms with Crippen molar-refractivity contribution in [2.45, 2.75) is 6.92 Å². The van der Waals surface area contributed by atoms with Gasteiger partial charge < -0.3 is 5.11 Å². The van der Waals surface area contributed by atoms with Crippen molar-refractivity contribution in [1.29, 1.82) is 5.26 Å². The van der Waals surface area contributed by atoms with E-state index in [9.17, 15) is 5.11 Å². The van der Waals surface area contributed by atoms with Crippen molar-refractivity contribution in [1.82, 2.24) is 0 Å². The van der Waals surface area contributed by atoms with Crippen LogP contribution in [0.15, 0.2) is 42.5 Å². The van der Waals surface area contributed by atoms with Crippen LogP contribution in [-0.4, -0.2) is 5.11 Å². The molecule has 0 bridgehead atoms. The minimum Gasteiger partial charge on any atom is -0.508 e. The molecule has 2 heteroatoms. The molecule has 0 saturated carbocycles. The lowest BCUT2D eigenvalue weighted by atomic mass is 10.0. The number of phenolic OH excluding ortho intramolecular Hbond substituents is 1. The largest absolute Gasteiger partial charge is 0.508 e. The molecule has 2 rings (SSSR count). The molecule has 0 unspecified atom stereocenters. The first-order valence-electron chi connectivity index (χ1n) is 5.00. The molecule has 0 amide bonds. The predicted octanol–water partition coefficient (Wildman–Crippen LogP) is 3.24. The fourth-order valence-electron chi connectivity index (χ4n) is 1.67. The highest BCUT2D eigenvalue weighted by Crippen LogP contribution is 2.25. The normalized spacial score (nSPS) is 9.75. The van der Waals surface area contributed by atoms with E-state index in [1.165, 1.54) is 6.07 Å². The van der Waals surface area contributed by atoms with Crippen LogP contribution in [0, 0.1) is 18.3 Å². The van der Waals surface area contributed by atoms with Gasteiger partial charge >= 0.3 is 0 Å². The highest BCUT2D eigenvalue weighted by atomic mass is 16.3. The maximum absolute atomic E-state index is 9.50. The molecule has 78 valence electrons. The number of aryl methyl sites for hydroxylation is 1. The molecule has 2 aromatic carbocycles. The second-order valence-corrected chi connectivity index (χ2v) is 3.75. The van der Waals surface area contributed by atoms with Gasteiger partial charge in [-0.1, -0.05) is 29.8 Å². The van der Waals surface area contributed by atoms with Crippen molar-refractivity contribution in [2.75, 3.05) is 0 Å². The van der Waals surface area contributed by atoms with E-state index in [2.05, 4.69) is 0 Å². The fraction of sp³-hybridized carbons (Fsp3) is 0.0714. The van der Waals surface area contributed by atoms with Crippen LogP contribution in [0.2, 0.25) is 0 Å². The van der Waals surface area contributed by atoms with Crippen LogP contribution in [0.25, 0.3) is 11.1 Å². The van der Waals surface area contributed by atoms with Crippen molar-refractivity contribution in [2.24, 2.45) is 0 Å². The quantitative estimate of drug-likeness (QED) is 0.783. The number of nitrogens with zero attached hydrogens (tertiary/aromatic N) is 1. The summed E-state index contributed by atoms with van der Waals surface area (Å²) < 4.78 is 0. The molecule has 0 radical (unpaired) electrons. The van der Waals surface area contributed by atoms with Crippen LogP contribution < -0.4 is 0 Å². The first kappa shape index (κ1) is 10.3. The van der Waals surface area contributed by atoms with Crippen molar-refractivity contribution in [3.05, 3.63) is 53.6 Å². The van der Waals surface area contributed by atoms with Crippen molar-refractivity contribution >= 4 is 0 Å². The fourth-order valence-corrected chi connectivity index (χ4v) is 1.67. The lowest BCUT2D eigenvalue weighted by molar-refractivity contribution is 0.475. The molecule has 0 saturated heterocycles. The number of nitriles is 1. The summed E-state index contributed by atoms with van der Waals surface area (Å²) in [7, 11) is 0.